The normalized spacial score (nSPS) is 11.1. The molecule has 0 bridgehead atoms. The number of carboxylic acids is 1. The summed E-state index contributed by atoms with van der Waals surface area (Å²) < 4.78 is 43.5. The molecule has 0 atom stereocenters. The molecule has 0 aliphatic carbocycles. The van der Waals surface area contributed by atoms with Crippen molar-refractivity contribution >= 4 is 34.5 Å². The van der Waals surface area contributed by atoms with Crippen LogP contribution in [0.3, 0.4) is 0 Å². The van der Waals surface area contributed by atoms with Gasteiger partial charge in [0, 0.05) is 17.3 Å². The first-order valence-corrected chi connectivity index (χ1v) is 13.2. The SMILES string of the molecule is O=C(O)CCCCC(=O)OCCOCCOCCOCCOCCOCCOCCOCCI. The van der Waals surface area contributed by atoms with Crippen LogP contribution in [0.1, 0.15) is 25.7 Å². The smallest absolute Gasteiger partial charge is 0.305 e. The van der Waals surface area contributed by atoms with Gasteiger partial charge < -0.3 is 43.0 Å². The highest BCUT2D eigenvalue weighted by atomic mass is 127. The van der Waals surface area contributed by atoms with Gasteiger partial charge in [0.2, 0.25) is 0 Å². The molecular weight excluding hydrogens is 567 g/mol. The summed E-state index contributed by atoms with van der Waals surface area (Å²) in [4.78, 5) is 21.8. The van der Waals surface area contributed by atoms with Crippen LogP contribution >= 0.6 is 22.6 Å². The second kappa shape index (κ2) is 28.6. The van der Waals surface area contributed by atoms with Crippen LogP contribution in [0.25, 0.3) is 0 Å². The number of hydrogen-bond donors (Lipinski definition) is 1. The maximum absolute atomic E-state index is 11.4. The first kappa shape index (κ1) is 33.4. The molecule has 0 aromatic heterocycles. The van der Waals surface area contributed by atoms with Crippen LogP contribution in [0.15, 0.2) is 0 Å². The van der Waals surface area contributed by atoms with Crippen LogP contribution in [0.2, 0.25) is 0 Å². The summed E-state index contributed by atoms with van der Waals surface area (Å²) in [6, 6.07) is 0. The summed E-state index contributed by atoms with van der Waals surface area (Å²) in [6.07, 6.45) is 1.27. The molecule has 12 heteroatoms. The van der Waals surface area contributed by atoms with Crippen LogP contribution in [-0.2, 0) is 47.5 Å². The highest BCUT2D eigenvalue weighted by Gasteiger charge is 2.04. The molecular formula is C22H41IO11. The molecule has 34 heavy (non-hydrogen) atoms. The second-order valence-electron chi connectivity index (χ2n) is 6.80. The summed E-state index contributed by atoms with van der Waals surface area (Å²) >= 11 is 2.27. The first-order valence-electron chi connectivity index (χ1n) is 11.6. The van der Waals surface area contributed by atoms with Gasteiger partial charge in [-0.2, -0.15) is 0 Å². The summed E-state index contributed by atoms with van der Waals surface area (Å²) in [6.45, 7) is 7.28. The van der Waals surface area contributed by atoms with Gasteiger partial charge in [-0.05, 0) is 12.8 Å². The van der Waals surface area contributed by atoms with E-state index in [1.165, 1.54) is 0 Å². The number of carbonyl (C=O) groups is 2. The van der Waals surface area contributed by atoms with E-state index >= 15 is 0 Å². The van der Waals surface area contributed by atoms with Crippen LogP contribution in [0, 0.1) is 0 Å². The summed E-state index contributed by atoms with van der Waals surface area (Å²) in [5.74, 6) is -1.20. The number of carbonyl (C=O) groups excluding carboxylic acids is 1. The number of ether oxygens (including phenoxy) is 8. The third kappa shape index (κ3) is 29.4. The van der Waals surface area contributed by atoms with E-state index in [1.807, 2.05) is 0 Å². The Morgan fingerprint density at radius 1 is 0.500 bits per heavy atom. The molecule has 0 heterocycles. The third-order valence-corrected chi connectivity index (χ3v) is 4.41. The van der Waals surface area contributed by atoms with Crippen molar-refractivity contribution in [2.75, 3.05) is 104 Å². The van der Waals surface area contributed by atoms with Gasteiger partial charge in [0.05, 0.1) is 92.5 Å². The summed E-state index contributed by atoms with van der Waals surface area (Å²) in [7, 11) is 0. The molecule has 0 saturated heterocycles. The lowest BCUT2D eigenvalue weighted by Crippen LogP contribution is -2.15. The molecule has 11 nitrogen and oxygen atoms in total. The van der Waals surface area contributed by atoms with E-state index < -0.39 is 5.97 Å². The van der Waals surface area contributed by atoms with Gasteiger partial charge in [0.15, 0.2) is 0 Å². The Morgan fingerprint density at radius 3 is 1.18 bits per heavy atom. The average Bonchev–Trinajstić information content (AvgIpc) is 2.82. The van der Waals surface area contributed by atoms with Crippen molar-refractivity contribution in [3.63, 3.8) is 0 Å². The molecule has 1 N–H and O–H groups in total. The minimum Gasteiger partial charge on any atom is -0.481 e. The van der Waals surface area contributed by atoms with E-state index in [-0.39, 0.29) is 25.4 Å². The number of halogens is 1. The first-order chi connectivity index (χ1) is 16.7. The lowest BCUT2D eigenvalue weighted by atomic mass is 10.2. The lowest BCUT2D eigenvalue weighted by Gasteiger charge is -2.08. The molecule has 0 unspecified atom stereocenters. The Kier molecular flexibility index (Phi) is 28.1. The number of carboxylic acid groups (broad SMARTS) is 1. The fraction of sp³-hybridized carbons (Fsp3) is 0.909. The maximum atomic E-state index is 11.4. The molecule has 0 fully saturated rings. The number of hydrogen-bond acceptors (Lipinski definition) is 10. The maximum Gasteiger partial charge on any atom is 0.305 e. The van der Waals surface area contributed by atoms with E-state index in [1.54, 1.807) is 0 Å². The second-order valence-corrected chi connectivity index (χ2v) is 7.88. The molecule has 0 aromatic rings. The minimum absolute atomic E-state index is 0.0671. The van der Waals surface area contributed by atoms with E-state index in [2.05, 4.69) is 22.6 Å². The third-order valence-electron chi connectivity index (χ3n) is 3.97. The number of esters is 1. The van der Waals surface area contributed by atoms with Crippen LogP contribution in [0.4, 0.5) is 0 Å². The monoisotopic (exact) mass is 608 g/mol. The largest absolute Gasteiger partial charge is 0.481 e. The molecule has 0 spiro atoms. The van der Waals surface area contributed by atoms with Crippen molar-refractivity contribution in [1.82, 2.24) is 0 Å². The zero-order valence-electron chi connectivity index (χ0n) is 20.0. The Labute approximate surface area is 216 Å². The van der Waals surface area contributed by atoms with Gasteiger partial charge in [-0.1, -0.05) is 22.6 Å². The van der Waals surface area contributed by atoms with Gasteiger partial charge in [-0.25, -0.2) is 0 Å². The quantitative estimate of drug-likeness (QED) is 0.0604. The Balaban J connectivity index is 3.10. The van der Waals surface area contributed by atoms with Crippen molar-refractivity contribution in [2.24, 2.45) is 0 Å². The highest BCUT2D eigenvalue weighted by molar-refractivity contribution is 14.1. The van der Waals surface area contributed by atoms with Gasteiger partial charge in [0.1, 0.15) is 6.61 Å². The molecule has 0 amide bonds. The van der Waals surface area contributed by atoms with E-state index in [9.17, 15) is 9.59 Å². The zero-order valence-corrected chi connectivity index (χ0v) is 22.2. The van der Waals surface area contributed by atoms with Gasteiger partial charge >= 0.3 is 11.9 Å². The van der Waals surface area contributed by atoms with E-state index in [4.69, 9.17) is 43.0 Å². The van der Waals surface area contributed by atoms with Crippen molar-refractivity contribution in [1.29, 1.82) is 0 Å². The highest BCUT2D eigenvalue weighted by Crippen LogP contribution is 2.01. The Bertz CT molecular complexity index is 455. The lowest BCUT2D eigenvalue weighted by molar-refractivity contribution is -0.146. The predicted molar refractivity (Wildman–Crippen MR) is 132 cm³/mol. The predicted octanol–water partition coefficient (Wildman–Crippen LogP) is 1.73. The number of unbranched alkanes of at least 4 members (excludes halogenated alkanes) is 1. The molecule has 0 aliphatic heterocycles. The van der Waals surface area contributed by atoms with Crippen molar-refractivity contribution in [2.45, 2.75) is 25.7 Å². The molecule has 0 aromatic carbocycles. The Morgan fingerprint density at radius 2 is 0.824 bits per heavy atom. The number of alkyl halides is 1. The van der Waals surface area contributed by atoms with Gasteiger partial charge in [-0.15, -0.1) is 0 Å². The van der Waals surface area contributed by atoms with Crippen molar-refractivity contribution in [3.8, 4) is 0 Å². The zero-order chi connectivity index (χ0) is 25.0. The minimum atomic E-state index is -0.858. The van der Waals surface area contributed by atoms with Crippen LogP contribution in [-0.4, -0.2) is 121 Å². The van der Waals surface area contributed by atoms with Crippen molar-refractivity contribution < 1.29 is 52.6 Å². The number of rotatable bonds is 28. The topological polar surface area (TPSA) is 128 Å². The summed E-state index contributed by atoms with van der Waals surface area (Å²) in [5.41, 5.74) is 0. The molecule has 202 valence electrons. The average molecular weight is 608 g/mol. The standard InChI is InChI=1S/C22H41IO11/c23-5-6-27-7-8-28-9-10-29-11-12-30-13-14-31-15-16-32-17-18-33-19-20-34-22(26)4-2-1-3-21(24)25/h1-20H2,(H,24,25). The van der Waals surface area contributed by atoms with Gasteiger partial charge in [-0.3, -0.25) is 9.59 Å². The number of aliphatic carboxylic acids is 1. The molecule has 0 aliphatic rings. The molecule has 0 rings (SSSR count). The summed E-state index contributed by atoms with van der Waals surface area (Å²) in [5, 5.41) is 8.51. The Hall–Kier alpha value is -0.610. The van der Waals surface area contributed by atoms with E-state index in [0.717, 1.165) is 11.0 Å². The fourth-order valence-electron chi connectivity index (χ4n) is 2.31. The van der Waals surface area contributed by atoms with Gasteiger partial charge in [0.25, 0.3) is 0 Å². The molecule has 0 saturated carbocycles. The van der Waals surface area contributed by atoms with E-state index in [0.29, 0.717) is 98.7 Å². The fourth-order valence-corrected chi connectivity index (χ4v) is 2.62. The van der Waals surface area contributed by atoms with Crippen LogP contribution in [0.5, 0.6) is 0 Å². The van der Waals surface area contributed by atoms with Crippen LogP contribution < -0.4 is 0 Å². The molecule has 0 radical (unpaired) electrons. The van der Waals surface area contributed by atoms with Crippen molar-refractivity contribution in [3.05, 3.63) is 0 Å².